The van der Waals surface area contributed by atoms with Gasteiger partial charge in [0.2, 0.25) is 0 Å². The van der Waals surface area contributed by atoms with E-state index in [1.54, 1.807) is 94.1 Å². The second kappa shape index (κ2) is 34.6. The van der Waals surface area contributed by atoms with Gasteiger partial charge in [-0.1, -0.05) is 23.5 Å². The zero-order chi connectivity index (χ0) is 28.8. The van der Waals surface area contributed by atoms with Crippen molar-refractivity contribution in [1.82, 2.24) is 0 Å². The topological polar surface area (TPSA) is 109 Å². The van der Waals surface area contributed by atoms with Crippen molar-refractivity contribution in [1.29, 1.82) is 0 Å². The van der Waals surface area contributed by atoms with Crippen molar-refractivity contribution >= 4 is 173 Å². The number of thioether (sulfide) groups is 12. The Hall–Kier alpha value is 3.76. The van der Waals surface area contributed by atoms with Crippen LogP contribution in [0.2, 0.25) is 0 Å². The smallest absolute Gasteiger partial charge is 0.199 e. The minimum Gasteiger partial charge on any atom is -0.386 e. The third-order valence-electron chi connectivity index (χ3n) is 3.40. The van der Waals surface area contributed by atoms with Crippen LogP contribution in [0.1, 0.15) is 0 Å². The van der Waals surface area contributed by atoms with E-state index in [1.165, 1.54) is 47.0 Å². The van der Waals surface area contributed by atoms with E-state index >= 15 is 0 Å². The highest BCUT2D eigenvalue weighted by molar-refractivity contribution is 8.29. The second-order valence-corrected chi connectivity index (χ2v) is 24.9. The van der Waals surface area contributed by atoms with Crippen molar-refractivity contribution in [3.05, 3.63) is 0 Å². The molecule has 0 bridgehead atoms. The van der Waals surface area contributed by atoms with Crippen molar-refractivity contribution in [3.63, 3.8) is 0 Å². The summed E-state index contributed by atoms with van der Waals surface area (Å²) >= 11 is 18.7. The molecule has 20 heteroatoms. The number of aliphatic hydroxyl groups excluding tert-OH is 2. The summed E-state index contributed by atoms with van der Waals surface area (Å²) in [5, 5.41) is 24.4. The first kappa shape index (κ1) is 42.8. The lowest BCUT2D eigenvalue weighted by Gasteiger charge is -2.04. The fraction of sp³-hybridized carbons (Fsp3) is 0.895. The molecule has 0 aliphatic carbocycles. The third-order valence-corrected chi connectivity index (χ3v) is 21.2. The fourth-order valence-corrected chi connectivity index (χ4v) is 18.0. The highest BCUT2D eigenvalue weighted by Gasteiger charge is 2.06. The van der Waals surface area contributed by atoms with Crippen molar-refractivity contribution < 1.29 is 28.2 Å². The van der Waals surface area contributed by atoms with Gasteiger partial charge in [0.05, 0.1) is 33.6 Å². The van der Waals surface area contributed by atoms with Crippen LogP contribution < -0.4 is 0 Å². The van der Waals surface area contributed by atoms with E-state index < -0.39 is 21.6 Å². The van der Waals surface area contributed by atoms with Crippen LogP contribution in [0.25, 0.3) is 0 Å². The Morgan fingerprint density at radius 1 is 0.487 bits per heavy atom. The maximum absolute atomic E-state index is 12.1. The summed E-state index contributed by atoms with van der Waals surface area (Å²) in [6.07, 6.45) is 0. The average Bonchev–Trinajstić information content (AvgIpc) is 2.92. The second-order valence-electron chi connectivity index (χ2n) is 6.38. The van der Waals surface area contributed by atoms with E-state index in [0.29, 0.717) is 38.3 Å². The predicted molar refractivity (Wildman–Crippen MR) is 205 cm³/mol. The number of aliphatic hydroxyl groups is 2. The molecule has 2 atom stereocenters. The number of rotatable bonds is 30. The molecule has 0 heterocycles. The molecule has 0 radical (unpaired) electrons. The molecule has 0 fully saturated rings. The molecule has 0 saturated heterocycles. The molecule has 2 N–H and O–H groups in total. The molecule has 0 spiro atoms. The van der Waals surface area contributed by atoms with E-state index in [2.05, 4.69) is 0 Å². The molecular formula is C19H36O6S14. The van der Waals surface area contributed by atoms with E-state index in [1.807, 2.05) is 0 Å². The van der Waals surface area contributed by atoms with Crippen LogP contribution in [0.3, 0.4) is 0 Å². The van der Waals surface area contributed by atoms with Gasteiger partial charge in [0.25, 0.3) is 0 Å². The summed E-state index contributed by atoms with van der Waals surface area (Å²) in [6, 6.07) is 0. The normalized spacial score (nSPS) is 13.0. The summed E-state index contributed by atoms with van der Waals surface area (Å²) in [5.41, 5.74) is 0. The standard InChI is InChI=1S/C19H36O6S14/c20-7-30-11-32-14-36-18(22)5-28-10-27-2-4-39(25)17-35-13-33-15-37-19(23)6-29-9-26-1-3-38(24)16-34-12-31-8-21/h20-21H,1-17H2. The highest BCUT2D eigenvalue weighted by Crippen LogP contribution is 2.23. The van der Waals surface area contributed by atoms with E-state index in [0.717, 1.165) is 42.0 Å². The van der Waals surface area contributed by atoms with Gasteiger partial charge in [-0.2, -0.15) is 23.5 Å². The van der Waals surface area contributed by atoms with Gasteiger partial charge in [0.1, 0.15) is 0 Å². The Morgan fingerprint density at radius 3 is 1.31 bits per heavy atom. The van der Waals surface area contributed by atoms with Gasteiger partial charge in [-0.05, 0) is 0 Å². The lowest BCUT2D eigenvalue weighted by atomic mass is 10.9. The van der Waals surface area contributed by atoms with Crippen LogP contribution in [-0.2, 0) is 31.2 Å². The third kappa shape index (κ3) is 34.5. The van der Waals surface area contributed by atoms with Gasteiger partial charge in [0, 0.05) is 80.2 Å². The van der Waals surface area contributed by atoms with E-state index in [4.69, 9.17) is 10.2 Å². The summed E-state index contributed by atoms with van der Waals surface area (Å²) < 4.78 is 23.9. The summed E-state index contributed by atoms with van der Waals surface area (Å²) in [5.74, 6) is 4.17. The van der Waals surface area contributed by atoms with E-state index in [-0.39, 0.29) is 22.1 Å². The maximum atomic E-state index is 12.1. The number of hydrogen-bond acceptors (Lipinski definition) is 18. The molecule has 2 unspecified atom stereocenters. The molecule has 232 valence electrons. The van der Waals surface area contributed by atoms with Crippen LogP contribution in [-0.4, -0.2) is 121 Å². The van der Waals surface area contributed by atoms with Gasteiger partial charge in [-0.15, -0.1) is 94.1 Å². The van der Waals surface area contributed by atoms with Crippen LogP contribution >= 0.6 is 141 Å². The van der Waals surface area contributed by atoms with Crippen LogP contribution in [0.15, 0.2) is 0 Å². The van der Waals surface area contributed by atoms with Gasteiger partial charge in [-0.3, -0.25) is 18.0 Å². The molecule has 0 aliphatic rings. The number of carbonyl (C=O) groups is 2. The van der Waals surface area contributed by atoms with E-state index in [9.17, 15) is 18.0 Å². The largest absolute Gasteiger partial charge is 0.386 e. The van der Waals surface area contributed by atoms with Gasteiger partial charge in [-0.25, -0.2) is 0 Å². The van der Waals surface area contributed by atoms with Gasteiger partial charge < -0.3 is 10.2 Å². The number of hydrogen-bond donors (Lipinski definition) is 2. The Bertz CT molecular complexity index is 648. The quantitative estimate of drug-likeness (QED) is 0.0669. The first-order valence-corrected chi connectivity index (χ1v) is 27.5. The van der Waals surface area contributed by atoms with Crippen molar-refractivity contribution in [2.24, 2.45) is 0 Å². The monoisotopic (exact) mass is 808 g/mol. The summed E-state index contributed by atoms with van der Waals surface area (Å²) in [7, 11) is -1.68. The molecule has 0 saturated carbocycles. The van der Waals surface area contributed by atoms with Crippen molar-refractivity contribution in [2.75, 3.05) is 92.2 Å². The van der Waals surface area contributed by atoms with Crippen molar-refractivity contribution in [2.45, 2.75) is 0 Å². The molecule has 39 heavy (non-hydrogen) atoms. The van der Waals surface area contributed by atoms with Gasteiger partial charge in [0.15, 0.2) is 10.2 Å². The predicted octanol–water partition coefficient (Wildman–Crippen LogP) is 5.85. The number of carbonyl (C=O) groups excluding carboxylic acids is 2. The fourth-order valence-electron chi connectivity index (χ4n) is 1.78. The molecule has 0 amide bonds. The van der Waals surface area contributed by atoms with Crippen LogP contribution in [0.4, 0.5) is 0 Å². The minimum atomic E-state index is -0.853. The molecule has 0 aromatic rings. The Kier molecular flexibility index (Phi) is 38.0. The zero-order valence-electron chi connectivity index (χ0n) is 21.3. The Balaban J connectivity index is 3.41. The molecule has 0 aliphatic heterocycles. The molecule has 6 nitrogen and oxygen atoms in total. The zero-order valence-corrected chi connectivity index (χ0v) is 32.7. The Labute approximate surface area is 289 Å². The van der Waals surface area contributed by atoms with Gasteiger partial charge >= 0.3 is 0 Å². The van der Waals surface area contributed by atoms with Crippen molar-refractivity contribution in [3.8, 4) is 0 Å². The molecule has 0 aromatic carbocycles. The average molecular weight is 809 g/mol. The SMILES string of the molecule is O=C(CSCSCCS(=O)CSCSCSC(=O)CSCSCCS(=O)CSCSCO)SCSCSCO. The highest BCUT2D eigenvalue weighted by atomic mass is 32.3. The molecular weight excluding hydrogens is 773 g/mol. The van der Waals surface area contributed by atoms with Crippen LogP contribution in [0, 0.1) is 0 Å². The molecule has 0 aromatic heterocycles. The Morgan fingerprint density at radius 2 is 0.872 bits per heavy atom. The first-order valence-electron chi connectivity index (χ1n) is 11.0. The summed E-state index contributed by atoms with van der Waals surface area (Å²) in [4.78, 5) is 23.7. The lowest BCUT2D eigenvalue weighted by molar-refractivity contribution is -0.109. The first-order chi connectivity index (χ1) is 19.0. The summed E-state index contributed by atoms with van der Waals surface area (Å²) in [6.45, 7) is 0. The molecule has 0 rings (SSSR count). The lowest BCUT2D eigenvalue weighted by Crippen LogP contribution is -2.03. The van der Waals surface area contributed by atoms with Crippen LogP contribution in [0.5, 0.6) is 0 Å². The minimum absolute atomic E-state index is 0.101. The maximum Gasteiger partial charge on any atom is 0.199 e.